The van der Waals surface area contributed by atoms with E-state index in [1.165, 1.54) is 0 Å². The Morgan fingerprint density at radius 3 is 2.57 bits per heavy atom. The van der Waals surface area contributed by atoms with Crippen molar-refractivity contribution in [2.45, 2.75) is 46.1 Å². The molecular formula is C20H25NO2. The van der Waals surface area contributed by atoms with Gasteiger partial charge >= 0.3 is 0 Å². The highest BCUT2D eigenvalue weighted by atomic mass is 16.5. The molecule has 0 aromatic heterocycles. The third kappa shape index (κ3) is 4.59. The topological polar surface area (TPSA) is 38.3 Å². The summed E-state index contributed by atoms with van der Waals surface area (Å²) < 4.78 is 5.74. The van der Waals surface area contributed by atoms with Crippen molar-refractivity contribution in [3.63, 3.8) is 0 Å². The van der Waals surface area contributed by atoms with Crippen LogP contribution in [0.1, 0.15) is 44.2 Å². The van der Waals surface area contributed by atoms with Crippen LogP contribution in [0.3, 0.4) is 0 Å². The Bertz CT molecular complexity index is 666. The number of hydrogen-bond acceptors (Lipinski definition) is 2. The minimum Gasteiger partial charge on any atom is -0.481 e. The molecule has 0 saturated carbocycles. The molecule has 0 unspecified atom stereocenters. The molecule has 0 fully saturated rings. The number of carbonyl (C=O) groups excluding carboxylic acids is 1. The summed E-state index contributed by atoms with van der Waals surface area (Å²) in [4.78, 5) is 12.4. The number of anilines is 1. The fraction of sp³-hybridized carbons (Fsp3) is 0.350. The molecule has 3 heteroatoms. The maximum atomic E-state index is 12.4. The van der Waals surface area contributed by atoms with E-state index in [-0.39, 0.29) is 5.91 Å². The van der Waals surface area contributed by atoms with E-state index in [0.717, 1.165) is 23.2 Å². The molecule has 2 aromatic rings. The molecule has 0 spiro atoms. The maximum absolute atomic E-state index is 12.4. The third-order valence-electron chi connectivity index (χ3n) is 4.03. The van der Waals surface area contributed by atoms with Gasteiger partial charge in [0.05, 0.1) is 0 Å². The van der Waals surface area contributed by atoms with E-state index >= 15 is 0 Å². The van der Waals surface area contributed by atoms with E-state index in [2.05, 4.69) is 25.2 Å². The number of benzene rings is 2. The highest BCUT2D eigenvalue weighted by molar-refractivity contribution is 5.94. The number of ether oxygens (including phenoxy) is 1. The smallest absolute Gasteiger partial charge is 0.265 e. The van der Waals surface area contributed by atoms with E-state index < -0.39 is 6.10 Å². The molecule has 0 saturated heterocycles. The van der Waals surface area contributed by atoms with Crippen molar-refractivity contribution in [2.75, 3.05) is 5.32 Å². The monoisotopic (exact) mass is 311 g/mol. The number of para-hydroxylation sites is 1. The lowest BCUT2D eigenvalue weighted by Gasteiger charge is -2.18. The van der Waals surface area contributed by atoms with Crippen molar-refractivity contribution in [3.05, 3.63) is 59.7 Å². The van der Waals surface area contributed by atoms with Gasteiger partial charge in [0.15, 0.2) is 6.10 Å². The van der Waals surface area contributed by atoms with Gasteiger partial charge < -0.3 is 10.1 Å². The van der Waals surface area contributed by atoms with Gasteiger partial charge in [0, 0.05) is 5.69 Å². The van der Waals surface area contributed by atoms with Gasteiger partial charge in [-0.25, -0.2) is 0 Å². The van der Waals surface area contributed by atoms with Crippen LogP contribution in [0.4, 0.5) is 5.69 Å². The normalized spacial score (nSPS) is 13.2. The van der Waals surface area contributed by atoms with Crippen LogP contribution >= 0.6 is 0 Å². The first kappa shape index (κ1) is 17.1. The van der Waals surface area contributed by atoms with E-state index in [1.54, 1.807) is 6.92 Å². The lowest BCUT2D eigenvalue weighted by molar-refractivity contribution is -0.122. The van der Waals surface area contributed by atoms with Crippen LogP contribution in [0.25, 0.3) is 0 Å². The second-order valence-corrected chi connectivity index (χ2v) is 5.96. The predicted octanol–water partition coefficient (Wildman–Crippen LogP) is 4.91. The van der Waals surface area contributed by atoms with E-state index in [1.807, 2.05) is 49.4 Å². The van der Waals surface area contributed by atoms with Gasteiger partial charge in [-0.1, -0.05) is 44.2 Å². The minimum absolute atomic E-state index is 0.137. The fourth-order valence-electron chi connectivity index (χ4n) is 2.44. The van der Waals surface area contributed by atoms with Crippen LogP contribution in [0.5, 0.6) is 5.75 Å². The summed E-state index contributed by atoms with van der Waals surface area (Å²) in [6.07, 6.45) is 0.476. The Morgan fingerprint density at radius 2 is 1.87 bits per heavy atom. The molecule has 0 radical (unpaired) electrons. The zero-order chi connectivity index (χ0) is 16.8. The molecule has 2 aromatic carbocycles. The molecule has 23 heavy (non-hydrogen) atoms. The molecule has 1 amide bonds. The van der Waals surface area contributed by atoms with Crippen molar-refractivity contribution in [3.8, 4) is 5.75 Å². The number of nitrogens with one attached hydrogen (secondary N) is 1. The first-order valence-corrected chi connectivity index (χ1v) is 8.14. The van der Waals surface area contributed by atoms with Crippen molar-refractivity contribution in [2.24, 2.45) is 0 Å². The Labute approximate surface area is 138 Å². The Balaban J connectivity index is 2.07. The van der Waals surface area contributed by atoms with E-state index in [9.17, 15) is 4.79 Å². The second kappa shape index (κ2) is 7.82. The van der Waals surface area contributed by atoms with Gasteiger partial charge in [-0.15, -0.1) is 0 Å². The Morgan fingerprint density at radius 1 is 1.13 bits per heavy atom. The fourth-order valence-corrected chi connectivity index (χ4v) is 2.44. The molecule has 0 bridgehead atoms. The van der Waals surface area contributed by atoms with E-state index in [0.29, 0.717) is 11.7 Å². The summed E-state index contributed by atoms with van der Waals surface area (Å²) in [6, 6.07) is 15.7. The van der Waals surface area contributed by atoms with Crippen LogP contribution < -0.4 is 10.1 Å². The third-order valence-corrected chi connectivity index (χ3v) is 4.03. The quantitative estimate of drug-likeness (QED) is 0.822. The van der Waals surface area contributed by atoms with Gasteiger partial charge in [-0.2, -0.15) is 0 Å². The van der Waals surface area contributed by atoms with Gasteiger partial charge in [0.2, 0.25) is 0 Å². The Hall–Kier alpha value is -2.29. The molecule has 2 atom stereocenters. The van der Waals surface area contributed by atoms with Gasteiger partial charge in [-0.3, -0.25) is 4.79 Å². The summed E-state index contributed by atoms with van der Waals surface area (Å²) in [5, 5.41) is 3.00. The molecular weight excluding hydrogens is 286 g/mol. The molecule has 2 rings (SSSR count). The number of rotatable bonds is 6. The molecule has 0 aliphatic heterocycles. The van der Waals surface area contributed by atoms with E-state index in [4.69, 9.17) is 4.74 Å². The van der Waals surface area contributed by atoms with Gasteiger partial charge in [0.1, 0.15) is 5.75 Å². The van der Waals surface area contributed by atoms with Gasteiger partial charge in [0.25, 0.3) is 5.91 Å². The van der Waals surface area contributed by atoms with Crippen molar-refractivity contribution in [1.82, 2.24) is 0 Å². The number of carbonyl (C=O) groups is 1. The second-order valence-electron chi connectivity index (χ2n) is 5.96. The van der Waals surface area contributed by atoms with Crippen molar-refractivity contribution < 1.29 is 9.53 Å². The highest BCUT2D eigenvalue weighted by Crippen LogP contribution is 2.26. The average molecular weight is 311 g/mol. The number of hydrogen-bond donors (Lipinski definition) is 1. The molecule has 1 N–H and O–H groups in total. The summed E-state index contributed by atoms with van der Waals surface area (Å²) in [5.41, 5.74) is 3.13. The molecule has 0 heterocycles. The van der Waals surface area contributed by atoms with Crippen molar-refractivity contribution in [1.29, 1.82) is 0 Å². The Kier molecular flexibility index (Phi) is 5.80. The summed E-state index contributed by atoms with van der Waals surface area (Å²) in [6.45, 7) is 8.08. The van der Waals surface area contributed by atoms with Crippen LogP contribution in [0.2, 0.25) is 0 Å². The first-order chi connectivity index (χ1) is 11.0. The number of aryl methyl sites for hydroxylation is 1. The van der Waals surface area contributed by atoms with Gasteiger partial charge in [-0.05, 0) is 55.5 Å². The zero-order valence-corrected chi connectivity index (χ0v) is 14.3. The molecule has 122 valence electrons. The van der Waals surface area contributed by atoms with Crippen LogP contribution in [-0.2, 0) is 4.79 Å². The van der Waals surface area contributed by atoms with Crippen LogP contribution in [0, 0.1) is 6.92 Å². The lowest BCUT2D eigenvalue weighted by Crippen LogP contribution is -2.30. The predicted molar refractivity (Wildman–Crippen MR) is 95.0 cm³/mol. The summed E-state index contributed by atoms with van der Waals surface area (Å²) in [5.74, 6) is 0.976. The average Bonchev–Trinajstić information content (AvgIpc) is 2.54. The standard InChI is InChI=1S/C20H25NO2/c1-5-15(3)18-11-6-7-12-19(18)21-20(22)16(4)23-17-10-8-9-14(2)13-17/h6-13,15-16H,5H2,1-4H3,(H,21,22)/t15-,16+/m0/s1. The maximum Gasteiger partial charge on any atom is 0.265 e. The zero-order valence-electron chi connectivity index (χ0n) is 14.3. The molecule has 3 nitrogen and oxygen atoms in total. The largest absolute Gasteiger partial charge is 0.481 e. The highest BCUT2D eigenvalue weighted by Gasteiger charge is 2.17. The molecule has 0 aliphatic rings. The van der Waals surface area contributed by atoms with Crippen molar-refractivity contribution >= 4 is 11.6 Å². The summed E-state index contributed by atoms with van der Waals surface area (Å²) >= 11 is 0. The lowest BCUT2D eigenvalue weighted by atomic mass is 9.97. The molecule has 0 aliphatic carbocycles. The number of amides is 1. The SMILES string of the molecule is CC[C@H](C)c1ccccc1NC(=O)[C@@H](C)Oc1cccc(C)c1. The van der Waals surface area contributed by atoms with Crippen LogP contribution in [-0.4, -0.2) is 12.0 Å². The van der Waals surface area contributed by atoms with Crippen LogP contribution in [0.15, 0.2) is 48.5 Å². The first-order valence-electron chi connectivity index (χ1n) is 8.14. The minimum atomic E-state index is -0.554. The summed E-state index contributed by atoms with van der Waals surface area (Å²) in [7, 11) is 0.